The third-order valence-corrected chi connectivity index (χ3v) is 9.75. The highest BCUT2D eigenvalue weighted by Crippen LogP contribution is 2.50. The molecule has 8 aromatic rings. The minimum Gasteiger partial charge on any atom is -0.489 e. The molecule has 1 aliphatic rings. The van der Waals surface area contributed by atoms with Gasteiger partial charge in [0.05, 0.1) is 37.2 Å². The fourth-order valence-corrected chi connectivity index (χ4v) is 7.28. The van der Waals surface area contributed by atoms with Gasteiger partial charge in [-0.1, -0.05) is 100 Å². The highest BCUT2D eigenvalue weighted by molar-refractivity contribution is 6.02. The van der Waals surface area contributed by atoms with Crippen LogP contribution < -0.4 is 40.9 Å². The zero-order valence-electron chi connectivity index (χ0n) is 32.0. The molecule has 0 saturated heterocycles. The van der Waals surface area contributed by atoms with Crippen molar-refractivity contribution in [1.29, 1.82) is 0 Å². The molecule has 4 N–H and O–H groups in total. The molecule has 4 aromatic heterocycles. The number of ether oxygens (including phenoxy) is 4. The predicted octanol–water partition coefficient (Wildman–Crippen LogP) is 8.89. The first-order valence-corrected chi connectivity index (χ1v) is 19.6. The van der Waals surface area contributed by atoms with Gasteiger partial charge in [0.25, 0.3) is 0 Å². The van der Waals surface area contributed by atoms with E-state index in [-0.39, 0.29) is 0 Å². The molecule has 8 bridgehead atoms. The van der Waals surface area contributed by atoms with E-state index in [0.717, 1.165) is 58.0 Å². The first-order valence-electron chi connectivity index (χ1n) is 19.6. The van der Waals surface area contributed by atoms with Crippen LogP contribution in [0.5, 0.6) is 23.0 Å². The Labute approximate surface area is 322 Å². The lowest BCUT2D eigenvalue weighted by atomic mass is 10.1. The Balaban J connectivity index is 1.50. The third kappa shape index (κ3) is 6.01. The molecule has 0 unspecified atom stereocenters. The fraction of sp³-hybridized carbons (Fsp3) is 0.273. The maximum Gasteiger partial charge on any atom is 0.208 e. The summed E-state index contributed by atoms with van der Waals surface area (Å²) in [6, 6.07) is 24.4. The van der Waals surface area contributed by atoms with Crippen molar-refractivity contribution in [3.8, 4) is 23.0 Å². The van der Waals surface area contributed by atoms with Gasteiger partial charge in [0.1, 0.15) is 45.2 Å². The van der Waals surface area contributed by atoms with E-state index in [4.69, 9.17) is 38.9 Å². The molecule has 5 heterocycles. The second kappa shape index (κ2) is 14.9. The van der Waals surface area contributed by atoms with E-state index in [1.807, 2.05) is 48.5 Å². The summed E-state index contributed by atoms with van der Waals surface area (Å²) >= 11 is 0. The Morgan fingerprint density at radius 1 is 0.357 bits per heavy atom. The van der Waals surface area contributed by atoms with Crippen LogP contribution in [0.1, 0.15) is 53.4 Å². The normalized spacial score (nSPS) is 12.4. The second-order valence-corrected chi connectivity index (χ2v) is 13.8. The van der Waals surface area contributed by atoms with Crippen molar-refractivity contribution in [3.05, 3.63) is 94.7 Å². The van der Waals surface area contributed by atoms with Crippen LogP contribution in [0.4, 0.5) is 23.3 Å². The van der Waals surface area contributed by atoms with Gasteiger partial charge in [-0.05, 0) is 25.7 Å². The maximum atomic E-state index is 6.67. The molecule has 12 nitrogen and oxygen atoms in total. The van der Waals surface area contributed by atoms with E-state index in [1.165, 1.54) is 0 Å². The summed E-state index contributed by atoms with van der Waals surface area (Å²) in [4.78, 5) is 35.3. The molecule has 56 heavy (non-hydrogen) atoms. The van der Waals surface area contributed by atoms with Gasteiger partial charge in [0.15, 0.2) is 11.5 Å². The van der Waals surface area contributed by atoms with Crippen molar-refractivity contribution in [3.63, 3.8) is 0 Å². The lowest BCUT2D eigenvalue weighted by Crippen LogP contribution is -2.11. The van der Waals surface area contributed by atoms with E-state index >= 15 is 0 Å². The monoisotopic (exact) mass is 748 g/mol. The molecule has 1 aliphatic heterocycles. The van der Waals surface area contributed by atoms with Crippen molar-refractivity contribution < 1.29 is 18.9 Å². The number of H-pyrrole nitrogens is 4. The Bertz CT molecular complexity index is 2810. The summed E-state index contributed by atoms with van der Waals surface area (Å²) in [5.41, 5.74) is 2.41. The SMILES string of the molecule is CCCOc1c(OCCC)c(OCCC)c2c3[nH]c(c2c1OCCC)=Nc1[nH]c(c2ccccc12)N=c1[nH]c(c2ccccc12)=Nc1[nH]c(c2ccccc12)N=3. The zero-order valence-corrected chi connectivity index (χ0v) is 32.0. The van der Waals surface area contributed by atoms with Crippen molar-refractivity contribution in [2.45, 2.75) is 53.4 Å². The third-order valence-electron chi connectivity index (χ3n) is 9.75. The van der Waals surface area contributed by atoms with E-state index in [1.54, 1.807) is 0 Å². The van der Waals surface area contributed by atoms with Crippen LogP contribution >= 0.6 is 0 Å². The van der Waals surface area contributed by atoms with Crippen LogP contribution in [0.25, 0.3) is 43.1 Å². The number of hydrogen-bond donors (Lipinski definition) is 4. The van der Waals surface area contributed by atoms with Crippen LogP contribution in [0.2, 0.25) is 0 Å². The van der Waals surface area contributed by atoms with Crippen LogP contribution in [-0.4, -0.2) is 46.4 Å². The Kier molecular flexibility index (Phi) is 9.38. The van der Waals surface area contributed by atoms with E-state index in [9.17, 15) is 0 Å². The summed E-state index contributed by atoms with van der Waals surface area (Å²) in [7, 11) is 0. The highest BCUT2D eigenvalue weighted by Gasteiger charge is 2.29. The number of hydrogen-bond acceptors (Lipinski definition) is 8. The average molecular weight is 749 g/mol. The number of nitrogens with zero attached hydrogens (tertiary/aromatic N) is 4. The first kappa shape index (κ1) is 35.2. The van der Waals surface area contributed by atoms with Gasteiger partial charge in [-0.3, -0.25) is 0 Å². The number of rotatable bonds is 12. The molecule has 9 rings (SSSR count). The topological polar surface area (TPSA) is 150 Å². The second-order valence-electron chi connectivity index (χ2n) is 13.8. The fourth-order valence-electron chi connectivity index (χ4n) is 7.28. The minimum atomic E-state index is 0.448. The van der Waals surface area contributed by atoms with Gasteiger partial charge in [-0.25, -0.2) is 20.0 Å². The Morgan fingerprint density at radius 2 is 0.643 bits per heavy atom. The minimum absolute atomic E-state index is 0.448. The van der Waals surface area contributed by atoms with Gasteiger partial charge in [-0.2, -0.15) is 0 Å². The molecule has 0 fully saturated rings. The van der Waals surface area contributed by atoms with Crippen LogP contribution in [0.15, 0.2) is 92.8 Å². The van der Waals surface area contributed by atoms with Gasteiger partial charge < -0.3 is 38.9 Å². The van der Waals surface area contributed by atoms with Crippen LogP contribution in [-0.2, 0) is 0 Å². The van der Waals surface area contributed by atoms with Crippen LogP contribution in [0.3, 0.4) is 0 Å². The zero-order chi connectivity index (χ0) is 38.2. The number of aromatic nitrogens is 4. The average Bonchev–Trinajstić information content (AvgIpc) is 3.96. The number of benzene rings is 4. The summed E-state index contributed by atoms with van der Waals surface area (Å²) in [5.74, 6) is 4.60. The molecule has 4 aromatic carbocycles. The Morgan fingerprint density at radius 3 is 0.982 bits per heavy atom. The lowest BCUT2D eigenvalue weighted by Gasteiger charge is -2.21. The summed E-state index contributed by atoms with van der Waals surface area (Å²) in [5, 5.41) is 6.91. The quantitative estimate of drug-likeness (QED) is 0.0987. The molecule has 0 amide bonds. The molecule has 0 aliphatic carbocycles. The first-order chi connectivity index (χ1) is 27.6. The van der Waals surface area contributed by atoms with Gasteiger partial charge in [-0.15, -0.1) is 0 Å². The number of nitrogens with one attached hydrogen (secondary N) is 4. The number of fused-ring (bicyclic) bond motifs is 20. The van der Waals surface area contributed by atoms with Gasteiger partial charge in [0.2, 0.25) is 11.5 Å². The van der Waals surface area contributed by atoms with Crippen molar-refractivity contribution in [2.75, 3.05) is 26.4 Å². The molecule has 0 radical (unpaired) electrons. The Hall–Kier alpha value is -6.56. The molecule has 0 saturated carbocycles. The molecule has 284 valence electrons. The predicted molar refractivity (Wildman–Crippen MR) is 220 cm³/mol. The summed E-state index contributed by atoms with van der Waals surface area (Å²) < 4.78 is 26.4. The molecule has 0 spiro atoms. The van der Waals surface area contributed by atoms with Crippen molar-refractivity contribution in [1.82, 2.24) is 19.9 Å². The molecule has 0 atom stereocenters. The smallest absolute Gasteiger partial charge is 0.208 e. The van der Waals surface area contributed by atoms with Crippen LogP contribution in [0, 0.1) is 0 Å². The van der Waals surface area contributed by atoms with Gasteiger partial charge >= 0.3 is 0 Å². The highest BCUT2D eigenvalue weighted by atomic mass is 16.6. The largest absolute Gasteiger partial charge is 0.489 e. The molecular formula is C44H44N8O4. The maximum absolute atomic E-state index is 6.67. The summed E-state index contributed by atoms with van der Waals surface area (Å²) in [6.45, 7) is 10.1. The van der Waals surface area contributed by atoms with E-state index in [0.29, 0.717) is 105 Å². The molecular weight excluding hydrogens is 705 g/mol. The summed E-state index contributed by atoms with van der Waals surface area (Å²) in [6.07, 6.45) is 3.15. The lowest BCUT2D eigenvalue weighted by molar-refractivity contribution is 0.230. The van der Waals surface area contributed by atoms with Crippen molar-refractivity contribution in [2.24, 2.45) is 20.0 Å². The standard InChI is InChI=1S/C44H44N8O4/c1-5-21-53-33-31-32(34(54-22-6-2)36(56-24-8-4)35(33)55-23-7-3)44-51-42-30-20-14-12-18-28(30)40(49-42)47-38-26-16-10-9-15-25(26)37(45-38)46-39-27-17-11-13-19-29(27)41(48-39)50-43(31)52-44/h9-20H,5-8,21-24H2,1-4H3,(H4,45,46,47,48,49,50,51,52). The molecule has 12 heteroatoms. The van der Waals surface area contributed by atoms with Gasteiger partial charge in [0, 0.05) is 32.3 Å². The van der Waals surface area contributed by atoms with Crippen molar-refractivity contribution >= 4 is 66.4 Å². The van der Waals surface area contributed by atoms with E-state index < -0.39 is 0 Å². The van der Waals surface area contributed by atoms with E-state index in [2.05, 4.69) is 71.9 Å². The number of aromatic amines is 4.